The summed E-state index contributed by atoms with van der Waals surface area (Å²) in [4.78, 5) is 26.2. The molecule has 2 unspecified atom stereocenters. The van der Waals surface area contributed by atoms with Gasteiger partial charge in [0.05, 0.1) is 11.7 Å². The Balaban J connectivity index is 1.50. The van der Waals surface area contributed by atoms with Gasteiger partial charge < -0.3 is 69.7 Å². The van der Waals surface area contributed by atoms with Crippen molar-refractivity contribution in [3.63, 3.8) is 0 Å². The first kappa shape index (κ1) is 29.9. The number of carbonyl (C=O) groups excluding carboxylic acids is 1. The second kappa shape index (κ2) is 10.9. The number of aromatic hydroxyl groups is 8. The minimum absolute atomic E-state index is 0.249. The predicted octanol–water partition coefficient (Wildman–Crippen LogP) is 1.18. The number of rotatable bonds is 5. The largest absolute Gasteiger partial charge is 0.508 e. The van der Waals surface area contributed by atoms with Gasteiger partial charge in [0.2, 0.25) is 17.5 Å². The van der Waals surface area contributed by atoms with Crippen molar-refractivity contribution in [3.8, 4) is 63.1 Å². The maximum Gasteiger partial charge on any atom is 0.338 e. The standard InChI is InChI=1S/C28H24O16/c1-8-24(43-27(40)10-4-15(33)20(36)16(34)5-10)22(38)23(39)28(41-8)44-26-21(37)18-12(30)6-11(29)7-17(18)42-25(26)9-2-13(31)19(35)14(32)3-9/h2-8,22-24,28-36,38-39H,1H3/t8?,22?,23-,24-,28-/m0/s1. The maximum absolute atomic E-state index is 13.6. The Morgan fingerprint density at radius 3 is 1.93 bits per heavy atom. The number of fused-ring (bicyclic) bond motifs is 1. The summed E-state index contributed by atoms with van der Waals surface area (Å²) in [6, 6.07) is 5.17. The van der Waals surface area contributed by atoms with Gasteiger partial charge in [-0.1, -0.05) is 0 Å². The first-order chi connectivity index (χ1) is 20.7. The van der Waals surface area contributed by atoms with E-state index in [2.05, 4.69) is 0 Å². The van der Waals surface area contributed by atoms with Crippen LogP contribution in [0.5, 0.6) is 51.7 Å². The van der Waals surface area contributed by atoms with Gasteiger partial charge >= 0.3 is 5.97 Å². The number of ether oxygens (including phenoxy) is 3. The summed E-state index contributed by atoms with van der Waals surface area (Å²) in [5.41, 5.74) is -2.11. The second-order valence-corrected chi connectivity index (χ2v) is 9.83. The van der Waals surface area contributed by atoms with E-state index in [-0.39, 0.29) is 11.1 Å². The van der Waals surface area contributed by atoms with Gasteiger partial charge in [-0.25, -0.2) is 4.79 Å². The van der Waals surface area contributed by atoms with E-state index in [1.54, 1.807) is 0 Å². The smallest absolute Gasteiger partial charge is 0.338 e. The van der Waals surface area contributed by atoms with Gasteiger partial charge in [0.1, 0.15) is 34.7 Å². The highest BCUT2D eigenvalue weighted by molar-refractivity contribution is 5.91. The van der Waals surface area contributed by atoms with Gasteiger partial charge in [-0.05, 0) is 31.2 Å². The van der Waals surface area contributed by atoms with Crippen LogP contribution in [0.4, 0.5) is 0 Å². The number of hydrogen-bond acceptors (Lipinski definition) is 16. The molecule has 0 amide bonds. The molecular weight excluding hydrogens is 592 g/mol. The molecule has 16 heteroatoms. The van der Waals surface area contributed by atoms with Gasteiger partial charge in [-0.3, -0.25) is 4.79 Å². The van der Waals surface area contributed by atoms with Crippen LogP contribution >= 0.6 is 0 Å². The Labute approximate surface area is 244 Å². The lowest BCUT2D eigenvalue weighted by Crippen LogP contribution is -2.59. The van der Waals surface area contributed by atoms with Crippen LogP contribution in [0.15, 0.2) is 45.6 Å². The van der Waals surface area contributed by atoms with Crippen LogP contribution in [0.1, 0.15) is 17.3 Å². The second-order valence-electron chi connectivity index (χ2n) is 9.83. The SMILES string of the molecule is CC1O[C@@H](Oc2c(-c3cc(O)c(O)c(O)c3)oc3cc(O)cc(O)c3c2=O)[C@@H](O)C(O)[C@H]1OC(=O)c1cc(O)c(O)c(O)c1. The predicted molar refractivity (Wildman–Crippen MR) is 144 cm³/mol. The first-order valence-corrected chi connectivity index (χ1v) is 12.6. The molecular formula is C28H24O16. The van der Waals surface area contributed by atoms with E-state index in [1.807, 2.05) is 0 Å². The van der Waals surface area contributed by atoms with Crippen molar-refractivity contribution < 1.29 is 74.5 Å². The third-order valence-electron chi connectivity index (χ3n) is 6.81. The molecule has 0 saturated carbocycles. The maximum atomic E-state index is 13.6. The van der Waals surface area contributed by atoms with Crippen LogP contribution in [0.3, 0.4) is 0 Å². The van der Waals surface area contributed by atoms with E-state index >= 15 is 0 Å². The molecule has 4 aromatic rings. The topological polar surface area (TPSA) is 277 Å². The lowest BCUT2D eigenvalue weighted by atomic mass is 9.99. The highest BCUT2D eigenvalue weighted by Gasteiger charge is 2.47. The molecule has 0 aliphatic carbocycles. The number of phenols is 8. The Morgan fingerprint density at radius 1 is 0.773 bits per heavy atom. The average molecular weight is 616 g/mol. The van der Waals surface area contributed by atoms with Crippen molar-refractivity contribution in [1.29, 1.82) is 0 Å². The lowest BCUT2D eigenvalue weighted by Gasteiger charge is -2.40. The fourth-order valence-corrected chi connectivity index (χ4v) is 4.60. The van der Waals surface area contributed by atoms with E-state index in [0.717, 1.165) is 36.4 Å². The van der Waals surface area contributed by atoms with Crippen molar-refractivity contribution in [2.45, 2.75) is 37.6 Å². The summed E-state index contributed by atoms with van der Waals surface area (Å²) in [7, 11) is 0. The molecule has 1 fully saturated rings. The van der Waals surface area contributed by atoms with Gasteiger partial charge in [0.15, 0.2) is 46.4 Å². The molecule has 5 atom stereocenters. The number of aliphatic hydroxyl groups is 2. The van der Waals surface area contributed by atoms with E-state index in [9.17, 15) is 60.7 Å². The average Bonchev–Trinajstić information content (AvgIpc) is 2.95. The van der Waals surface area contributed by atoms with E-state index in [1.165, 1.54) is 6.92 Å². The normalized spacial score (nSPS) is 21.7. The zero-order valence-corrected chi connectivity index (χ0v) is 22.3. The van der Waals surface area contributed by atoms with Gasteiger partial charge in [0.25, 0.3) is 0 Å². The van der Waals surface area contributed by atoms with Crippen LogP contribution in [-0.2, 0) is 9.47 Å². The van der Waals surface area contributed by atoms with Crippen molar-refractivity contribution in [2.75, 3.05) is 0 Å². The minimum Gasteiger partial charge on any atom is -0.508 e. The van der Waals surface area contributed by atoms with Gasteiger partial charge in [0, 0.05) is 17.7 Å². The molecule has 1 saturated heterocycles. The molecule has 3 aromatic carbocycles. The third kappa shape index (κ3) is 5.13. The molecule has 0 bridgehead atoms. The molecule has 1 aromatic heterocycles. The molecule has 1 aliphatic rings. The zero-order chi connectivity index (χ0) is 32.2. The Hall–Kier alpha value is -5.58. The highest BCUT2D eigenvalue weighted by atomic mass is 16.7. The summed E-state index contributed by atoms with van der Waals surface area (Å²) in [5, 5.41) is 100. The Kier molecular flexibility index (Phi) is 7.42. The Bertz CT molecular complexity index is 1800. The summed E-state index contributed by atoms with van der Waals surface area (Å²) in [6.07, 6.45) is -8.63. The lowest BCUT2D eigenvalue weighted by molar-refractivity contribution is -0.267. The quantitative estimate of drug-likeness (QED) is 0.111. The molecule has 2 heterocycles. The molecule has 0 spiro atoms. The fourth-order valence-electron chi connectivity index (χ4n) is 4.60. The molecule has 5 rings (SSSR count). The van der Waals surface area contributed by atoms with E-state index in [4.69, 9.17) is 18.6 Å². The van der Waals surface area contributed by atoms with Crippen LogP contribution in [0.25, 0.3) is 22.3 Å². The summed E-state index contributed by atoms with van der Waals surface area (Å²) >= 11 is 0. The Morgan fingerprint density at radius 2 is 1.34 bits per heavy atom. The number of benzene rings is 3. The molecule has 0 radical (unpaired) electrons. The van der Waals surface area contributed by atoms with Crippen LogP contribution in [0, 0.1) is 0 Å². The third-order valence-corrected chi connectivity index (χ3v) is 6.81. The summed E-state index contributed by atoms with van der Waals surface area (Å²) in [6.45, 7) is 1.31. The monoisotopic (exact) mass is 616 g/mol. The van der Waals surface area contributed by atoms with Crippen LogP contribution in [0.2, 0.25) is 0 Å². The summed E-state index contributed by atoms with van der Waals surface area (Å²) in [5.74, 6) is -8.80. The molecule has 44 heavy (non-hydrogen) atoms. The highest BCUT2D eigenvalue weighted by Crippen LogP contribution is 2.43. The number of hydrogen-bond donors (Lipinski definition) is 10. The fraction of sp³-hybridized carbons (Fsp3) is 0.214. The van der Waals surface area contributed by atoms with Crippen LogP contribution in [-0.4, -0.2) is 87.7 Å². The van der Waals surface area contributed by atoms with Crippen molar-refractivity contribution >= 4 is 16.9 Å². The summed E-state index contributed by atoms with van der Waals surface area (Å²) < 4.78 is 22.1. The number of phenolic OH excluding ortho intramolecular Hbond substituents is 8. The molecule has 10 N–H and O–H groups in total. The van der Waals surface area contributed by atoms with E-state index in [0.29, 0.717) is 0 Å². The van der Waals surface area contributed by atoms with Gasteiger partial charge in [-0.15, -0.1) is 0 Å². The van der Waals surface area contributed by atoms with E-state index < -0.39 is 111 Å². The van der Waals surface area contributed by atoms with Crippen molar-refractivity contribution in [3.05, 3.63) is 52.2 Å². The number of aliphatic hydroxyl groups excluding tert-OH is 2. The zero-order valence-electron chi connectivity index (χ0n) is 22.3. The number of carbonyl (C=O) groups is 1. The van der Waals surface area contributed by atoms with Crippen molar-refractivity contribution in [2.24, 2.45) is 0 Å². The van der Waals surface area contributed by atoms with Crippen LogP contribution < -0.4 is 10.2 Å². The van der Waals surface area contributed by atoms with Gasteiger partial charge in [-0.2, -0.15) is 0 Å². The molecule has 16 nitrogen and oxygen atoms in total. The minimum atomic E-state index is -2.02. The number of esters is 1. The van der Waals surface area contributed by atoms with Crippen molar-refractivity contribution in [1.82, 2.24) is 0 Å². The first-order valence-electron chi connectivity index (χ1n) is 12.6. The molecule has 232 valence electrons. The molecule has 1 aliphatic heterocycles.